The minimum Gasteiger partial charge on any atom is -0.361 e. The van der Waals surface area contributed by atoms with Crippen LogP contribution < -0.4 is 5.32 Å². The number of nitrogens with one attached hydrogen (secondary N) is 1. The molecule has 160 valence electrons. The number of carbonyl (C=O) groups excluding carboxylic acids is 2. The van der Waals surface area contributed by atoms with Crippen LogP contribution in [0.25, 0.3) is 11.1 Å². The Labute approximate surface area is 182 Å². The minimum absolute atomic E-state index is 0.125. The highest BCUT2D eigenvalue weighted by atomic mass is 16.5. The number of hydrogen-bond acceptors (Lipinski definition) is 4. The number of para-hydroxylation sites is 1. The first-order valence-corrected chi connectivity index (χ1v) is 10.7. The molecule has 4 rings (SSSR count). The third kappa shape index (κ3) is 3.74. The lowest BCUT2D eigenvalue weighted by Gasteiger charge is -2.29. The monoisotopic (exact) mass is 417 g/mol. The van der Waals surface area contributed by atoms with E-state index in [4.69, 9.17) is 4.52 Å². The van der Waals surface area contributed by atoms with Gasteiger partial charge in [-0.05, 0) is 56.0 Å². The van der Waals surface area contributed by atoms with Gasteiger partial charge in [-0.15, -0.1) is 0 Å². The topological polar surface area (TPSA) is 75.4 Å². The summed E-state index contributed by atoms with van der Waals surface area (Å²) in [5.74, 6) is 0.439. The molecule has 1 aromatic heterocycles. The minimum atomic E-state index is -0.691. The van der Waals surface area contributed by atoms with Crippen LogP contribution in [0.3, 0.4) is 0 Å². The highest BCUT2D eigenvalue weighted by molar-refractivity contribution is 6.10. The molecule has 0 spiro atoms. The molecule has 1 atom stereocenters. The fraction of sp³-hybridized carbons (Fsp3) is 0.320. The van der Waals surface area contributed by atoms with Gasteiger partial charge in [-0.25, -0.2) is 0 Å². The van der Waals surface area contributed by atoms with E-state index in [1.807, 2.05) is 51.1 Å². The number of carbonyl (C=O) groups is 2. The summed E-state index contributed by atoms with van der Waals surface area (Å²) in [5.41, 5.74) is 5.70. The second kappa shape index (κ2) is 8.38. The van der Waals surface area contributed by atoms with E-state index in [2.05, 4.69) is 17.4 Å². The van der Waals surface area contributed by atoms with Crippen molar-refractivity contribution in [2.45, 2.75) is 46.6 Å². The molecule has 2 heterocycles. The molecule has 0 bridgehead atoms. The summed E-state index contributed by atoms with van der Waals surface area (Å²) >= 11 is 0. The van der Waals surface area contributed by atoms with Gasteiger partial charge < -0.3 is 14.7 Å². The Kier molecular flexibility index (Phi) is 5.63. The molecule has 31 heavy (non-hydrogen) atoms. The number of amides is 2. The number of fused-ring (bicyclic) bond motifs is 1. The summed E-state index contributed by atoms with van der Waals surface area (Å²) < 4.78 is 5.33. The highest BCUT2D eigenvalue weighted by Crippen LogP contribution is 2.35. The number of anilines is 1. The molecule has 3 aromatic rings. The Hall–Kier alpha value is -3.41. The van der Waals surface area contributed by atoms with Crippen LogP contribution in [0.5, 0.6) is 0 Å². The maximum atomic E-state index is 13.4. The summed E-state index contributed by atoms with van der Waals surface area (Å²) in [6, 6.07) is 12.4. The van der Waals surface area contributed by atoms with E-state index in [1.165, 1.54) is 0 Å². The van der Waals surface area contributed by atoms with E-state index in [1.54, 1.807) is 17.0 Å². The van der Waals surface area contributed by atoms with E-state index in [0.717, 1.165) is 46.5 Å². The van der Waals surface area contributed by atoms with E-state index < -0.39 is 6.04 Å². The Balaban J connectivity index is 1.78. The lowest BCUT2D eigenvalue weighted by molar-refractivity contribution is -0.120. The number of aryl methyl sites for hydroxylation is 3. The van der Waals surface area contributed by atoms with Crippen LogP contribution in [0.1, 0.15) is 58.7 Å². The maximum absolute atomic E-state index is 13.4. The van der Waals surface area contributed by atoms with Gasteiger partial charge in [0.15, 0.2) is 0 Å². The van der Waals surface area contributed by atoms with Crippen molar-refractivity contribution in [1.29, 1.82) is 0 Å². The Bertz CT molecular complexity index is 1130. The van der Waals surface area contributed by atoms with Crippen LogP contribution in [0, 0.1) is 20.8 Å². The van der Waals surface area contributed by atoms with Crippen molar-refractivity contribution < 1.29 is 14.1 Å². The van der Waals surface area contributed by atoms with Gasteiger partial charge in [0, 0.05) is 12.1 Å². The molecule has 1 N–H and O–H groups in total. The number of aromatic nitrogens is 1. The van der Waals surface area contributed by atoms with E-state index in [9.17, 15) is 9.59 Å². The number of benzene rings is 2. The fourth-order valence-electron chi connectivity index (χ4n) is 4.29. The molecule has 0 fully saturated rings. The van der Waals surface area contributed by atoms with E-state index in [-0.39, 0.29) is 11.8 Å². The highest BCUT2D eigenvalue weighted by Gasteiger charge is 2.36. The Morgan fingerprint density at radius 3 is 2.52 bits per heavy atom. The number of rotatable bonds is 5. The molecule has 6 nitrogen and oxygen atoms in total. The van der Waals surface area contributed by atoms with Crippen molar-refractivity contribution in [1.82, 2.24) is 10.1 Å². The predicted molar refractivity (Wildman–Crippen MR) is 120 cm³/mol. The van der Waals surface area contributed by atoms with Crippen molar-refractivity contribution >= 4 is 17.5 Å². The van der Waals surface area contributed by atoms with Gasteiger partial charge in [-0.2, -0.15) is 0 Å². The number of nitrogens with zero attached hydrogens (tertiary/aromatic N) is 2. The van der Waals surface area contributed by atoms with Crippen molar-refractivity contribution in [3.05, 3.63) is 70.6 Å². The zero-order valence-electron chi connectivity index (χ0n) is 18.4. The number of hydrogen-bond donors (Lipinski definition) is 1. The van der Waals surface area contributed by atoms with Crippen LogP contribution in [0.2, 0.25) is 0 Å². The molecule has 2 amide bonds. The summed E-state index contributed by atoms with van der Waals surface area (Å²) in [5, 5.41) is 7.02. The van der Waals surface area contributed by atoms with Crippen LogP contribution in [-0.2, 0) is 4.79 Å². The van der Waals surface area contributed by atoms with Gasteiger partial charge in [0.2, 0.25) is 0 Å². The zero-order valence-corrected chi connectivity index (χ0v) is 18.4. The van der Waals surface area contributed by atoms with Crippen molar-refractivity contribution in [3.63, 3.8) is 0 Å². The average molecular weight is 418 g/mol. The third-order valence-electron chi connectivity index (χ3n) is 5.86. The van der Waals surface area contributed by atoms with Gasteiger partial charge in [-0.3, -0.25) is 9.59 Å². The van der Waals surface area contributed by atoms with E-state index >= 15 is 0 Å². The third-order valence-corrected chi connectivity index (χ3v) is 5.86. The largest absolute Gasteiger partial charge is 0.361 e. The first-order valence-electron chi connectivity index (χ1n) is 10.7. The lowest BCUT2D eigenvalue weighted by Crippen LogP contribution is -2.39. The van der Waals surface area contributed by atoms with Gasteiger partial charge in [0.25, 0.3) is 11.8 Å². The van der Waals surface area contributed by atoms with Gasteiger partial charge in [-0.1, -0.05) is 48.8 Å². The first-order chi connectivity index (χ1) is 14.9. The molecule has 0 saturated carbocycles. The second-order valence-corrected chi connectivity index (χ2v) is 8.06. The molecular formula is C25H27N3O3. The predicted octanol–water partition coefficient (Wildman–Crippen LogP) is 5.20. The average Bonchev–Trinajstić information content (AvgIpc) is 3.03. The van der Waals surface area contributed by atoms with Crippen LogP contribution in [0.15, 0.2) is 47.0 Å². The molecule has 1 aliphatic rings. The van der Waals surface area contributed by atoms with E-state index in [0.29, 0.717) is 17.8 Å². The Morgan fingerprint density at radius 1 is 1.06 bits per heavy atom. The van der Waals surface area contributed by atoms with Gasteiger partial charge in [0.05, 0.1) is 16.9 Å². The summed E-state index contributed by atoms with van der Waals surface area (Å²) in [4.78, 5) is 28.4. The summed E-state index contributed by atoms with van der Waals surface area (Å²) in [6.45, 7) is 8.41. The molecule has 2 aromatic carbocycles. The molecule has 1 unspecified atom stereocenters. The quantitative estimate of drug-likeness (QED) is 0.619. The molecular weight excluding hydrogens is 390 g/mol. The van der Waals surface area contributed by atoms with Gasteiger partial charge in [0.1, 0.15) is 11.8 Å². The van der Waals surface area contributed by atoms with Crippen LogP contribution in [-0.4, -0.2) is 28.4 Å². The molecule has 1 aliphatic heterocycles. The molecule has 0 radical (unpaired) electrons. The lowest BCUT2D eigenvalue weighted by atomic mass is 9.94. The van der Waals surface area contributed by atoms with Crippen molar-refractivity contribution in [3.8, 4) is 11.1 Å². The molecule has 0 aliphatic carbocycles. The standard InChI is InChI=1S/C25H27N3O3/c1-5-6-13-28-23(24(29)26-21-10-8-7-9-20(21)25(28)30)18-11-12-19(15(2)14-18)22-16(3)27-31-17(22)4/h7-12,14,23H,5-6,13H2,1-4H3,(H,26,29). The number of unbranched alkanes of at least 4 members (excludes halogenated alkanes) is 1. The first kappa shape index (κ1) is 20.8. The summed E-state index contributed by atoms with van der Waals surface area (Å²) in [7, 11) is 0. The smallest absolute Gasteiger partial charge is 0.256 e. The molecule has 6 heteroatoms. The van der Waals surface area contributed by atoms with Gasteiger partial charge >= 0.3 is 0 Å². The van der Waals surface area contributed by atoms with Crippen LogP contribution in [0.4, 0.5) is 5.69 Å². The Morgan fingerprint density at radius 2 is 1.84 bits per heavy atom. The van der Waals surface area contributed by atoms with Crippen molar-refractivity contribution in [2.24, 2.45) is 0 Å². The normalized spacial score (nSPS) is 16.1. The zero-order chi connectivity index (χ0) is 22.1. The summed E-state index contributed by atoms with van der Waals surface area (Å²) in [6.07, 6.45) is 1.76. The molecule has 0 saturated heterocycles. The van der Waals surface area contributed by atoms with Crippen LogP contribution >= 0.6 is 0 Å². The maximum Gasteiger partial charge on any atom is 0.256 e. The SMILES string of the molecule is CCCCN1C(=O)c2ccccc2NC(=O)C1c1ccc(-c2c(C)noc2C)c(C)c1. The fourth-order valence-corrected chi connectivity index (χ4v) is 4.29. The second-order valence-electron chi connectivity index (χ2n) is 8.06. The van der Waals surface area contributed by atoms with Crippen molar-refractivity contribution in [2.75, 3.05) is 11.9 Å².